The number of nitrogens with zero attached hydrogens (tertiary/aromatic N) is 2. The van der Waals surface area contributed by atoms with Crippen LogP contribution in [0.2, 0.25) is 5.02 Å². The van der Waals surface area contributed by atoms with Gasteiger partial charge in [0.15, 0.2) is 9.75 Å². The van der Waals surface area contributed by atoms with Crippen molar-refractivity contribution in [1.82, 2.24) is 4.90 Å². The van der Waals surface area contributed by atoms with Gasteiger partial charge in [0.1, 0.15) is 5.75 Å². The topological polar surface area (TPSA) is 95.0 Å². The van der Waals surface area contributed by atoms with Gasteiger partial charge in [0.05, 0.1) is 23.0 Å². The molecule has 2 aliphatic heterocycles. The molecule has 3 fully saturated rings. The van der Waals surface area contributed by atoms with Gasteiger partial charge in [0.2, 0.25) is 11.8 Å². The summed E-state index contributed by atoms with van der Waals surface area (Å²) < 4.78 is 0. The van der Waals surface area contributed by atoms with E-state index in [0.717, 1.165) is 4.90 Å². The van der Waals surface area contributed by atoms with Gasteiger partial charge in [0.25, 0.3) is 11.8 Å². The molecule has 4 amide bonds. The number of allylic oxidation sites excluding steroid dienone is 2. The maximum Gasteiger partial charge on any atom is 0.254 e. The zero-order chi connectivity index (χ0) is 28.0. The third-order valence-electron chi connectivity index (χ3n) is 8.65. The maximum absolute atomic E-state index is 13.9. The Kier molecular flexibility index (Phi) is 6.23. The Balaban J connectivity index is 1.52. The van der Waals surface area contributed by atoms with Crippen molar-refractivity contribution in [2.24, 2.45) is 17.8 Å². The predicted octanol–water partition coefficient (Wildman–Crippen LogP) is 5.27. The molecule has 0 radical (unpaired) electrons. The molecule has 2 saturated heterocycles. The van der Waals surface area contributed by atoms with E-state index in [1.165, 1.54) is 11.0 Å². The van der Waals surface area contributed by atoms with Crippen molar-refractivity contribution >= 4 is 80.0 Å². The summed E-state index contributed by atoms with van der Waals surface area (Å²) in [5.41, 5.74) is 2.16. The number of fused-ring (bicyclic) bond motifs is 4. The molecule has 0 bridgehead atoms. The largest absolute Gasteiger partial charge is 0.508 e. The number of phenolic OH excluding ortho intramolecular Hbond substituents is 1. The lowest BCUT2D eigenvalue weighted by Crippen LogP contribution is -2.60. The number of imide groups is 2. The minimum absolute atomic E-state index is 0.0654. The van der Waals surface area contributed by atoms with Crippen molar-refractivity contribution < 1.29 is 24.3 Å². The van der Waals surface area contributed by atoms with Gasteiger partial charge in [-0.15, -0.1) is 23.2 Å². The van der Waals surface area contributed by atoms with Gasteiger partial charge in [-0.25, -0.2) is 0 Å². The third kappa shape index (κ3) is 3.47. The minimum Gasteiger partial charge on any atom is -0.508 e. The zero-order valence-electron chi connectivity index (χ0n) is 20.5. The van der Waals surface area contributed by atoms with Crippen LogP contribution in [0.3, 0.4) is 0 Å². The third-order valence-corrected chi connectivity index (χ3v) is 10.8. The van der Waals surface area contributed by atoms with Crippen LogP contribution in [0.25, 0.3) is 0 Å². The molecule has 2 aromatic carbocycles. The molecule has 0 aromatic heterocycles. The molecular formula is C28H22BrCl3N2O5. The van der Waals surface area contributed by atoms with Crippen LogP contribution in [-0.4, -0.2) is 48.8 Å². The van der Waals surface area contributed by atoms with Crippen molar-refractivity contribution in [3.63, 3.8) is 0 Å². The van der Waals surface area contributed by atoms with Crippen molar-refractivity contribution in [2.45, 2.75) is 35.4 Å². The van der Waals surface area contributed by atoms with E-state index < -0.39 is 45.2 Å². The number of hydrogen-bond donors (Lipinski definition) is 1. The van der Waals surface area contributed by atoms with Crippen molar-refractivity contribution in [2.75, 3.05) is 10.4 Å². The summed E-state index contributed by atoms with van der Waals surface area (Å²) in [6, 6.07) is 11.3. The molecule has 2 aliphatic carbocycles. The summed E-state index contributed by atoms with van der Waals surface area (Å²) in [5, 5.41) is 10.7. The van der Waals surface area contributed by atoms with Crippen molar-refractivity contribution in [3.05, 3.63) is 70.3 Å². The SMILES string of the molecule is Cc1cc([C@H]2C3=CC[C@@H]4C(=O)N(c5ccc(Cl)cc5)C(=O)[C@@H]4[C@@H]3C[C@@]3(Cl)C(=O)N(CBr)C(=O)[C@@]23Cl)ccc1O. The minimum atomic E-state index is -1.88. The number of aromatic hydroxyl groups is 1. The fourth-order valence-electron chi connectivity index (χ4n) is 6.83. The molecule has 2 heterocycles. The Morgan fingerprint density at radius 2 is 1.69 bits per heavy atom. The molecule has 11 heteroatoms. The highest BCUT2D eigenvalue weighted by Gasteiger charge is 2.76. The molecule has 1 N–H and O–H groups in total. The van der Waals surface area contributed by atoms with Crippen molar-refractivity contribution in [1.29, 1.82) is 0 Å². The molecule has 202 valence electrons. The Morgan fingerprint density at radius 3 is 2.33 bits per heavy atom. The molecule has 2 aromatic rings. The van der Waals surface area contributed by atoms with E-state index in [9.17, 15) is 24.3 Å². The van der Waals surface area contributed by atoms with Gasteiger partial charge in [-0.3, -0.25) is 29.0 Å². The quantitative estimate of drug-likeness (QED) is 0.211. The normalized spacial score (nSPS) is 33.7. The van der Waals surface area contributed by atoms with E-state index in [2.05, 4.69) is 15.9 Å². The number of carbonyl (C=O) groups excluding carboxylic acids is 4. The number of rotatable bonds is 3. The number of alkyl halides is 3. The standard InChI is InChI=1S/C28H22BrCl3N2O5/c1-13-10-14(2-9-20(13)35)22-17-7-8-18-21(24(37)34(23(18)36)16-5-3-15(30)4-6-16)19(17)11-27(31)25(38)33(12-29)26(39)28(22,27)32/h2-7,9-10,18-19,21-22,35H,8,11-12H2,1H3/t18-,19+,21-,22-,27+,28-/m0/s1. The van der Waals surface area contributed by atoms with Crippen LogP contribution in [0.15, 0.2) is 54.1 Å². The number of anilines is 1. The average molecular weight is 653 g/mol. The molecule has 1 saturated carbocycles. The first-order valence-electron chi connectivity index (χ1n) is 12.4. The average Bonchev–Trinajstić information content (AvgIpc) is 3.24. The van der Waals surface area contributed by atoms with Gasteiger partial charge < -0.3 is 5.11 Å². The zero-order valence-corrected chi connectivity index (χ0v) is 24.4. The van der Waals surface area contributed by atoms with Crippen LogP contribution in [0.1, 0.15) is 29.9 Å². The van der Waals surface area contributed by atoms with Gasteiger partial charge in [-0.2, -0.15) is 0 Å². The molecule has 0 unspecified atom stereocenters. The van der Waals surface area contributed by atoms with E-state index in [1.807, 2.05) is 6.08 Å². The summed E-state index contributed by atoms with van der Waals surface area (Å²) in [5.74, 6) is -4.85. The molecule has 6 rings (SSSR count). The summed E-state index contributed by atoms with van der Waals surface area (Å²) >= 11 is 23.6. The predicted molar refractivity (Wildman–Crippen MR) is 150 cm³/mol. The number of hydrogen-bond acceptors (Lipinski definition) is 5. The highest BCUT2D eigenvalue weighted by Crippen LogP contribution is 2.65. The summed E-state index contributed by atoms with van der Waals surface area (Å²) in [7, 11) is 0. The number of carbonyl (C=O) groups is 4. The fourth-order valence-corrected chi connectivity index (χ4v) is 8.38. The molecule has 4 aliphatic rings. The Hall–Kier alpha value is -2.39. The van der Waals surface area contributed by atoms with Crippen molar-refractivity contribution in [3.8, 4) is 5.75 Å². The number of amides is 4. The second-order valence-electron chi connectivity index (χ2n) is 10.5. The Bertz CT molecular complexity index is 1500. The van der Waals surface area contributed by atoms with Gasteiger partial charge in [-0.05, 0) is 67.1 Å². The Labute approximate surface area is 247 Å². The van der Waals surface area contributed by atoms with Crippen LogP contribution in [0, 0.1) is 24.7 Å². The van der Waals surface area contributed by atoms with Gasteiger partial charge >= 0.3 is 0 Å². The van der Waals surface area contributed by atoms with Crippen LogP contribution in [0.5, 0.6) is 5.75 Å². The number of aryl methyl sites for hydroxylation is 1. The highest BCUT2D eigenvalue weighted by atomic mass is 79.9. The lowest BCUT2D eigenvalue weighted by atomic mass is 9.56. The Morgan fingerprint density at radius 1 is 1.00 bits per heavy atom. The van der Waals surface area contributed by atoms with E-state index >= 15 is 0 Å². The number of benzene rings is 2. The van der Waals surface area contributed by atoms with E-state index in [0.29, 0.717) is 27.4 Å². The first-order chi connectivity index (χ1) is 18.5. The highest BCUT2D eigenvalue weighted by molar-refractivity contribution is 9.09. The first kappa shape index (κ1) is 26.8. The molecule has 39 heavy (non-hydrogen) atoms. The second kappa shape index (κ2) is 9.06. The smallest absolute Gasteiger partial charge is 0.254 e. The molecule has 0 spiro atoms. The van der Waals surface area contributed by atoms with Gasteiger partial charge in [0, 0.05) is 10.9 Å². The van der Waals surface area contributed by atoms with Crippen LogP contribution >= 0.6 is 50.7 Å². The summed E-state index contributed by atoms with van der Waals surface area (Å²) in [4.78, 5) is 53.4. The van der Waals surface area contributed by atoms with E-state index in [1.54, 1.807) is 43.3 Å². The van der Waals surface area contributed by atoms with Gasteiger partial charge in [-0.1, -0.05) is 51.3 Å². The number of likely N-dealkylation sites (tertiary alicyclic amines) is 1. The molecule has 7 nitrogen and oxygen atoms in total. The number of halogens is 4. The monoisotopic (exact) mass is 650 g/mol. The second-order valence-corrected chi connectivity index (χ2v) is 12.7. The van der Waals surface area contributed by atoms with Crippen LogP contribution in [0.4, 0.5) is 5.69 Å². The molecule has 6 atom stereocenters. The summed E-state index contributed by atoms with van der Waals surface area (Å²) in [6.45, 7) is 1.72. The molecular weight excluding hydrogens is 631 g/mol. The van der Waals surface area contributed by atoms with Crippen LogP contribution in [-0.2, 0) is 19.2 Å². The van der Waals surface area contributed by atoms with E-state index in [-0.39, 0.29) is 35.9 Å². The fraction of sp³-hybridized carbons (Fsp3) is 0.357. The summed E-state index contributed by atoms with van der Waals surface area (Å²) in [6.07, 6.45) is 2.07. The van der Waals surface area contributed by atoms with Crippen LogP contribution < -0.4 is 4.90 Å². The lowest BCUT2D eigenvalue weighted by molar-refractivity contribution is -0.138. The number of phenols is 1. The first-order valence-corrected chi connectivity index (χ1v) is 14.6. The maximum atomic E-state index is 13.9. The van der Waals surface area contributed by atoms with E-state index in [4.69, 9.17) is 34.8 Å². The lowest BCUT2D eigenvalue weighted by Gasteiger charge is -2.50.